The number of carbonyl (C=O) groups excluding carboxylic acids is 1. The minimum atomic E-state index is -0.284. The molecule has 0 unspecified atom stereocenters. The highest BCUT2D eigenvalue weighted by molar-refractivity contribution is 5.90. The molecule has 30 heavy (non-hydrogen) atoms. The van der Waals surface area contributed by atoms with E-state index < -0.39 is 0 Å². The van der Waals surface area contributed by atoms with Crippen molar-refractivity contribution in [3.63, 3.8) is 0 Å². The zero-order valence-electron chi connectivity index (χ0n) is 16.5. The predicted octanol–water partition coefficient (Wildman–Crippen LogP) is 3.35. The van der Waals surface area contributed by atoms with Gasteiger partial charge in [-0.05, 0) is 30.5 Å². The number of anilines is 1. The molecule has 1 amide bonds. The third-order valence-electron chi connectivity index (χ3n) is 4.58. The molecule has 8 heteroatoms. The number of hydrogen-bond donors (Lipinski definition) is 2. The number of benzene rings is 1. The van der Waals surface area contributed by atoms with Crippen LogP contribution in [0, 0.1) is 0 Å². The minimum absolute atomic E-state index is 0.167. The summed E-state index contributed by atoms with van der Waals surface area (Å²) in [5.41, 5.74) is 1.94. The van der Waals surface area contributed by atoms with Crippen molar-refractivity contribution in [1.29, 1.82) is 0 Å². The molecule has 0 saturated carbocycles. The van der Waals surface area contributed by atoms with Crippen molar-refractivity contribution >= 4 is 11.7 Å². The molecule has 0 aliphatic rings. The van der Waals surface area contributed by atoms with Gasteiger partial charge in [0, 0.05) is 24.2 Å². The summed E-state index contributed by atoms with van der Waals surface area (Å²) in [6.45, 7) is 1.91. The molecule has 8 nitrogen and oxygen atoms in total. The molecule has 3 heterocycles. The molecule has 2 N–H and O–H groups in total. The van der Waals surface area contributed by atoms with Crippen LogP contribution < -0.4 is 10.9 Å². The number of rotatable bonds is 7. The maximum Gasteiger partial charge on any atom is 0.252 e. The van der Waals surface area contributed by atoms with Crippen LogP contribution in [-0.2, 0) is 17.6 Å². The standard InChI is InChI=1S/C22H21N5O3/c1-2-16-13-21(29)25-22(23-16)27-19(14-17(26-27)18-9-6-12-30-18)24-20(28)11-10-15-7-4-3-5-8-15/h3-9,12-14H,2,10-11H2,1H3,(H,24,28)(H,23,25,29). The molecule has 0 radical (unpaired) electrons. The smallest absolute Gasteiger partial charge is 0.252 e. The molecule has 0 aliphatic carbocycles. The Morgan fingerprint density at radius 3 is 2.73 bits per heavy atom. The van der Waals surface area contributed by atoms with Crippen molar-refractivity contribution in [3.05, 3.63) is 82.5 Å². The fourth-order valence-corrected chi connectivity index (χ4v) is 3.06. The molecule has 4 aromatic rings. The van der Waals surface area contributed by atoms with Crippen LogP contribution in [0.4, 0.5) is 5.82 Å². The Balaban J connectivity index is 1.63. The van der Waals surface area contributed by atoms with Gasteiger partial charge in [-0.15, -0.1) is 0 Å². The topological polar surface area (TPSA) is 106 Å². The molecule has 152 valence electrons. The fourth-order valence-electron chi connectivity index (χ4n) is 3.06. The van der Waals surface area contributed by atoms with Gasteiger partial charge in [0.05, 0.1) is 6.26 Å². The van der Waals surface area contributed by atoms with E-state index in [4.69, 9.17) is 4.42 Å². The second kappa shape index (κ2) is 8.60. The number of nitrogens with one attached hydrogen (secondary N) is 2. The van der Waals surface area contributed by atoms with Gasteiger partial charge in [-0.25, -0.2) is 4.98 Å². The Bertz CT molecular complexity index is 1190. The van der Waals surface area contributed by atoms with Crippen LogP contribution in [0.25, 0.3) is 17.4 Å². The van der Waals surface area contributed by atoms with E-state index in [-0.39, 0.29) is 17.4 Å². The van der Waals surface area contributed by atoms with Crippen molar-refractivity contribution in [1.82, 2.24) is 19.7 Å². The van der Waals surface area contributed by atoms with E-state index in [0.717, 1.165) is 5.56 Å². The number of amides is 1. The van der Waals surface area contributed by atoms with Crippen LogP contribution in [0.3, 0.4) is 0 Å². The van der Waals surface area contributed by atoms with E-state index in [0.29, 0.717) is 42.2 Å². The third kappa shape index (κ3) is 4.38. The van der Waals surface area contributed by atoms with Crippen LogP contribution >= 0.6 is 0 Å². The summed E-state index contributed by atoms with van der Waals surface area (Å²) >= 11 is 0. The second-order valence-corrected chi connectivity index (χ2v) is 6.75. The molecule has 0 bridgehead atoms. The minimum Gasteiger partial charge on any atom is -0.463 e. The van der Waals surface area contributed by atoms with Crippen molar-refractivity contribution in [2.45, 2.75) is 26.2 Å². The second-order valence-electron chi connectivity index (χ2n) is 6.75. The third-order valence-corrected chi connectivity index (χ3v) is 4.58. The van der Waals surface area contributed by atoms with Crippen LogP contribution in [0.15, 0.2) is 70.1 Å². The van der Waals surface area contributed by atoms with Gasteiger partial charge in [0.25, 0.3) is 5.56 Å². The van der Waals surface area contributed by atoms with Crippen molar-refractivity contribution < 1.29 is 9.21 Å². The van der Waals surface area contributed by atoms with Gasteiger partial charge in [-0.1, -0.05) is 37.3 Å². The lowest BCUT2D eigenvalue weighted by Gasteiger charge is -2.09. The Morgan fingerprint density at radius 1 is 1.17 bits per heavy atom. The number of carbonyl (C=O) groups is 1. The summed E-state index contributed by atoms with van der Waals surface area (Å²) in [6, 6.07) is 16.5. The van der Waals surface area contributed by atoms with Crippen molar-refractivity contribution in [2.75, 3.05) is 5.32 Å². The number of nitrogens with zero attached hydrogens (tertiary/aromatic N) is 3. The Morgan fingerprint density at radius 2 is 2.00 bits per heavy atom. The molecule has 4 rings (SSSR count). The summed E-state index contributed by atoms with van der Waals surface area (Å²) in [5.74, 6) is 1.01. The molecular formula is C22H21N5O3. The summed E-state index contributed by atoms with van der Waals surface area (Å²) in [7, 11) is 0. The molecule has 0 spiro atoms. The first kappa shape index (κ1) is 19.4. The normalized spacial score (nSPS) is 10.8. The van der Waals surface area contributed by atoms with Gasteiger partial charge >= 0.3 is 0 Å². The first-order chi connectivity index (χ1) is 14.6. The van der Waals surface area contributed by atoms with Crippen LogP contribution in [0.5, 0.6) is 0 Å². The number of aryl methyl sites for hydroxylation is 2. The highest BCUT2D eigenvalue weighted by atomic mass is 16.3. The number of aromatic nitrogens is 4. The first-order valence-electron chi connectivity index (χ1n) is 9.70. The highest BCUT2D eigenvalue weighted by Crippen LogP contribution is 2.24. The van der Waals surface area contributed by atoms with Crippen LogP contribution in [0.2, 0.25) is 0 Å². The average Bonchev–Trinajstić information content (AvgIpc) is 3.42. The lowest BCUT2D eigenvalue weighted by atomic mass is 10.1. The van der Waals surface area contributed by atoms with Gasteiger partial charge in [0.1, 0.15) is 11.5 Å². The number of aromatic amines is 1. The van der Waals surface area contributed by atoms with Crippen molar-refractivity contribution in [2.24, 2.45) is 0 Å². The summed E-state index contributed by atoms with van der Waals surface area (Å²) in [6.07, 6.45) is 3.07. The lowest BCUT2D eigenvalue weighted by Crippen LogP contribution is -2.19. The summed E-state index contributed by atoms with van der Waals surface area (Å²) in [4.78, 5) is 31.7. The molecule has 0 aliphatic heterocycles. The zero-order valence-corrected chi connectivity index (χ0v) is 16.5. The predicted molar refractivity (Wildman–Crippen MR) is 112 cm³/mol. The Hall–Kier alpha value is -3.94. The Labute approximate surface area is 172 Å². The van der Waals surface area contributed by atoms with E-state index in [2.05, 4.69) is 20.4 Å². The molecule has 1 aromatic carbocycles. The molecular weight excluding hydrogens is 382 g/mol. The van der Waals surface area contributed by atoms with Crippen LogP contribution in [0.1, 0.15) is 24.6 Å². The quantitative estimate of drug-likeness (QED) is 0.492. The molecule has 3 aromatic heterocycles. The SMILES string of the molecule is CCc1cc(=O)[nH]c(-n2nc(-c3ccco3)cc2NC(=O)CCc2ccccc2)n1. The summed E-state index contributed by atoms with van der Waals surface area (Å²) in [5, 5.41) is 7.36. The van der Waals surface area contributed by atoms with E-state index in [1.807, 2.05) is 37.3 Å². The van der Waals surface area contributed by atoms with E-state index in [1.54, 1.807) is 24.5 Å². The maximum absolute atomic E-state index is 12.6. The molecule has 0 saturated heterocycles. The highest BCUT2D eigenvalue weighted by Gasteiger charge is 2.17. The average molecular weight is 403 g/mol. The lowest BCUT2D eigenvalue weighted by molar-refractivity contribution is -0.116. The zero-order chi connectivity index (χ0) is 20.9. The fraction of sp³-hybridized carbons (Fsp3) is 0.182. The Kier molecular flexibility index (Phi) is 5.56. The van der Waals surface area contributed by atoms with Crippen molar-refractivity contribution in [3.8, 4) is 17.4 Å². The summed E-state index contributed by atoms with van der Waals surface area (Å²) < 4.78 is 6.84. The number of hydrogen-bond acceptors (Lipinski definition) is 5. The number of furan rings is 1. The van der Waals surface area contributed by atoms with E-state index in [1.165, 1.54) is 10.7 Å². The van der Waals surface area contributed by atoms with Gasteiger partial charge in [-0.3, -0.25) is 14.6 Å². The van der Waals surface area contributed by atoms with Crippen LogP contribution in [-0.4, -0.2) is 25.7 Å². The first-order valence-corrected chi connectivity index (χ1v) is 9.70. The monoisotopic (exact) mass is 403 g/mol. The number of H-pyrrole nitrogens is 1. The van der Waals surface area contributed by atoms with Gasteiger partial charge in [0.2, 0.25) is 11.9 Å². The van der Waals surface area contributed by atoms with Gasteiger partial charge < -0.3 is 9.73 Å². The van der Waals surface area contributed by atoms with Gasteiger partial charge in [-0.2, -0.15) is 9.78 Å². The van der Waals surface area contributed by atoms with Gasteiger partial charge in [0.15, 0.2) is 5.76 Å². The van der Waals surface area contributed by atoms with E-state index >= 15 is 0 Å². The molecule has 0 atom stereocenters. The largest absolute Gasteiger partial charge is 0.463 e. The van der Waals surface area contributed by atoms with E-state index in [9.17, 15) is 9.59 Å². The molecule has 0 fully saturated rings. The maximum atomic E-state index is 12.6.